The van der Waals surface area contributed by atoms with Gasteiger partial charge < -0.3 is 10.1 Å². The highest BCUT2D eigenvalue weighted by Crippen LogP contribution is 2.65. The van der Waals surface area contributed by atoms with Crippen LogP contribution in [-0.4, -0.2) is 25.0 Å². The molecule has 0 radical (unpaired) electrons. The van der Waals surface area contributed by atoms with Crippen LogP contribution in [0.2, 0.25) is 0 Å². The van der Waals surface area contributed by atoms with Crippen molar-refractivity contribution in [3.05, 3.63) is 0 Å². The molecule has 134 valence electrons. The number of hydrogen-bond acceptors (Lipinski definition) is 3. The fourth-order valence-electron chi connectivity index (χ4n) is 7.09. The Kier molecular flexibility index (Phi) is 3.74. The van der Waals surface area contributed by atoms with Gasteiger partial charge in [-0.05, 0) is 67.1 Å². The Morgan fingerprint density at radius 3 is 2.71 bits per heavy atom. The summed E-state index contributed by atoms with van der Waals surface area (Å²) in [5.41, 5.74) is 0.557. The predicted molar refractivity (Wildman–Crippen MR) is 91.1 cm³/mol. The number of rotatable bonds is 1. The van der Waals surface area contributed by atoms with E-state index in [1.165, 1.54) is 39.2 Å². The molecule has 4 rings (SSSR count). The third kappa shape index (κ3) is 2.17. The summed E-state index contributed by atoms with van der Waals surface area (Å²) in [4.78, 5) is 24.6. The Hall–Kier alpha value is -1.06. The van der Waals surface area contributed by atoms with Gasteiger partial charge in [0.1, 0.15) is 0 Å². The molecule has 3 saturated carbocycles. The third-order valence-corrected chi connectivity index (χ3v) is 8.44. The molecule has 4 fully saturated rings. The van der Waals surface area contributed by atoms with Crippen LogP contribution in [0.5, 0.6) is 0 Å². The Bertz CT molecular complexity index is 561. The summed E-state index contributed by atoms with van der Waals surface area (Å²) < 4.78 is 5.21. The van der Waals surface area contributed by atoms with Gasteiger partial charge in [0.05, 0.1) is 13.0 Å². The molecular formula is C20H31NO3. The Morgan fingerprint density at radius 2 is 1.96 bits per heavy atom. The number of esters is 1. The van der Waals surface area contributed by atoms with Crippen molar-refractivity contribution in [1.29, 1.82) is 0 Å². The molecule has 1 heterocycles. The van der Waals surface area contributed by atoms with E-state index in [-0.39, 0.29) is 29.3 Å². The number of hydrogen-bond donors (Lipinski definition) is 1. The first-order valence-electron chi connectivity index (χ1n) is 9.76. The average Bonchev–Trinajstić information content (AvgIpc) is 2.96. The van der Waals surface area contributed by atoms with Gasteiger partial charge >= 0.3 is 5.97 Å². The van der Waals surface area contributed by atoms with Crippen molar-refractivity contribution >= 4 is 11.9 Å². The summed E-state index contributed by atoms with van der Waals surface area (Å²) in [5.74, 6) is 1.69. The standard InChI is InChI=1S/C20H31NO3/c1-19-8-4-5-13(19)17-12(18(23)24-3)11-15-20(2,14(17)6-9-19)10-7-16(22)21-15/h12-15,17H,4-11H2,1-3H3,(H,21,22)/t12?,13-,14-,15+,17-,19-,20+/m0/s1. The van der Waals surface area contributed by atoms with Crippen molar-refractivity contribution in [2.45, 2.75) is 71.3 Å². The first kappa shape index (κ1) is 16.4. The highest BCUT2D eigenvalue weighted by atomic mass is 16.5. The highest BCUT2D eigenvalue weighted by molar-refractivity contribution is 5.78. The van der Waals surface area contributed by atoms with Crippen LogP contribution in [0.1, 0.15) is 65.2 Å². The van der Waals surface area contributed by atoms with E-state index in [0.717, 1.165) is 12.8 Å². The van der Waals surface area contributed by atoms with E-state index in [2.05, 4.69) is 19.2 Å². The molecule has 1 saturated heterocycles. The summed E-state index contributed by atoms with van der Waals surface area (Å²) >= 11 is 0. The average molecular weight is 333 g/mol. The summed E-state index contributed by atoms with van der Waals surface area (Å²) in [5, 5.41) is 3.22. The highest BCUT2D eigenvalue weighted by Gasteiger charge is 2.62. The number of fused-ring (bicyclic) bond motifs is 5. The maximum absolute atomic E-state index is 12.6. The molecule has 4 nitrogen and oxygen atoms in total. The minimum absolute atomic E-state index is 0.0424. The third-order valence-electron chi connectivity index (χ3n) is 8.44. The molecule has 7 atom stereocenters. The van der Waals surface area contributed by atoms with E-state index in [1.54, 1.807) is 0 Å². The first-order valence-corrected chi connectivity index (χ1v) is 9.76. The van der Waals surface area contributed by atoms with Crippen LogP contribution in [0.15, 0.2) is 0 Å². The molecule has 1 N–H and O–H groups in total. The van der Waals surface area contributed by atoms with E-state index < -0.39 is 0 Å². The molecule has 0 aromatic carbocycles. The normalized spacial score (nSPS) is 50.3. The Labute approximate surface area is 145 Å². The van der Waals surface area contributed by atoms with Gasteiger partial charge in [-0.15, -0.1) is 0 Å². The lowest BCUT2D eigenvalue weighted by Crippen LogP contribution is -2.64. The molecule has 0 aromatic heterocycles. The van der Waals surface area contributed by atoms with Crippen molar-refractivity contribution in [1.82, 2.24) is 5.32 Å². The maximum atomic E-state index is 12.6. The molecule has 0 aromatic rings. The smallest absolute Gasteiger partial charge is 0.309 e. The van der Waals surface area contributed by atoms with Crippen LogP contribution in [0.4, 0.5) is 0 Å². The van der Waals surface area contributed by atoms with Crippen LogP contribution in [0.25, 0.3) is 0 Å². The molecular weight excluding hydrogens is 302 g/mol. The Balaban J connectivity index is 1.74. The fourth-order valence-corrected chi connectivity index (χ4v) is 7.09. The lowest BCUT2D eigenvalue weighted by Gasteiger charge is -2.61. The van der Waals surface area contributed by atoms with Crippen molar-refractivity contribution in [3.8, 4) is 0 Å². The van der Waals surface area contributed by atoms with E-state index in [0.29, 0.717) is 29.6 Å². The van der Waals surface area contributed by atoms with Crippen LogP contribution >= 0.6 is 0 Å². The zero-order chi connectivity index (χ0) is 17.1. The van der Waals surface area contributed by atoms with Gasteiger partial charge in [-0.25, -0.2) is 0 Å². The Morgan fingerprint density at radius 1 is 1.17 bits per heavy atom. The van der Waals surface area contributed by atoms with Crippen molar-refractivity contribution in [3.63, 3.8) is 0 Å². The lowest BCUT2D eigenvalue weighted by molar-refractivity contribution is -0.169. The first-order chi connectivity index (χ1) is 11.4. The minimum Gasteiger partial charge on any atom is -0.469 e. The largest absolute Gasteiger partial charge is 0.469 e. The van der Waals surface area contributed by atoms with Gasteiger partial charge in [0.15, 0.2) is 0 Å². The summed E-state index contributed by atoms with van der Waals surface area (Å²) in [6.45, 7) is 4.83. The van der Waals surface area contributed by atoms with E-state index >= 15 is 0 Å². The zero-order valence-corrected chi connectivity index (χ0v) is 15.3. The molecule has 0 bridgehead atoms. The molecule has 4 heteroatoms. The zero-order valence-electron chi connectivity index (χ0n) is 15.3. The van der Waals surface area contributed by atoms with Gasteiger partial charge in [0.2, 0.25) is 5.91 Å². The number of ether oxygens (including phenoxy) is 1. The van der Waals surface area contributed by atoms with Crippen LogP contribution in [-0.2, 0) is 14.3 Å². The minimum atomic E-state index is -0.0528. The molecule has 1 amide bonds. The quantitative estimate of drug-likeness (QED) is 0.749. The van der Waals surface area contributed by atoms with E-state index in [4.69, 9.17) is 4.74 Å². The number of amides is 1. The fraction of sp³-hybridized carbons (Fsp3) is 0.900. The van der Waals surface area contributed by atoms with Crippen molar-refractivity contribution < 1.29 is 14.3 Å². The number of methoxy groups -OCH3 is 1. The van der Waals surface area contributed by atoms with E-state index in [9.17, 15) is 9.59 Å². The topological polar surface area (TPSA) is 55.4 Å². The van der Waals surface area contributed by atoms with Gasteiger partial charge in [-0.1, -0.05) is 20.3 Å². The second-order valence-electron chi connectivity index (χ2n) is 9.37. The lowest BCUT2D eigenvalue weighted by atomic mass is 9.45. The molecule has 1 unspecified atom stereocenters. The number of piperidine rings is 1. The molecule has 1 aliphatic heterocycles. The number of nitrogens with one attached hydrogen (secondary N) is 1. The monoisotopic (exact) mass is 333 g/mol. The second kappa shape index (κ2) is 5.47. The number of carbonyl (C=O) groups excluding carboxylic acids is 2. The summed E-state index contributed by atoms with van der Waals surface area (Å²) in [7, 11) is 1.52. The van der Waals surface area contributed by atoms with Gasteiger partial charge in [-0.3, -0.25) is 9.59 Å². The van der Waals surface area contributed by atoms with Gasteiger partial charge in [0, 0.05) is 12.5 Å². The number of carbonyl (C=O) groups is 2. The summed E-state index contributed by atoms with van der Waals surface area (Å²) in [6, 6.07) is 0.134. The maximum Gasteiger partial charge on any atom is 0.309 e. The molecule has 4 aliphatic rings. The van der Waals surface area contributed by atoms with Gasteiger partial charge in [-0.2, -0.15) is 0 Å². The molecule has 24 heavy (non-hydrogen) atoms. The van der Waals surface area contributed by atoms with Crippen LogP contribution in [0.3, 0.4) is 0 Å². The molecule has 3 aliphatic carbocycles. The van der Waals surface area contributed by atoms with Crippen molar-refractivity contribution in [2.24, 2.45) is 34.5 Å². The van der Waals surface area contributed by atoms with E-state index in [1.807, 2.05) is 0 Å². The predicted octanol–water partition coefficient (Wildman–Crippen LogP) is 3.30. The SMILES string of the molecule is COC(=O)C1C[C@H]2NC(=O)CC[C@]2(C)[C@H]2CC[C@]3(C)CCC[C@H]3[C@H]12. The van der Waals surface area contributed by atoms with Crippen molar-refractivity contribution in [2.75, 3.05) is 7.11 Å². The van der Waals surface area contributed by atoms with Crippen LogP contribution in [0, 0.1) is 34.5 Å². The molecule has 0 spiro atoms. The second-order valence-corrected chi connectivity index (χ2v) is 9.37. The van der Waals surface area contributed by atoms with Crippen LogP contribution < -0.4 is 5.32 Å². The summed E-state index contributed by atoms with van der Waals surface area (Å²) in [6.07, 6.45) is 8.74. The van der Waals surface area contributed by atoms with Gasteiger partial charge in [0.25, 0.3) is 0 Å².